The average Bonchev–Trinajstić information content (AvgIpc) is 2.64. The van der Waals surface area contributed by atoms with E-state index in [2.05, 4.69) is 5.32 Å². The highest BCUT2D eigenvalue weighted by molar-refractivity contribution is 6.07. The first kappa shape index (κ1) is 17.9. The van der Waals surface area contributed by atoms with E-state index in [4.69, 9.17) is 4.74 Å². The smallest absolute Gasteiger partial charge is 0.317 e. The second-order valence-corrected chi connectivity index (χ2v) is 6.13. The van der Waals surface area contributed by atoms with Crippen molar-refractivity contribution in [2.75, 3.05) is 11.9 Å². The molecule has 0 saturated heterocycles. The Morgan fingerprint density at radius 1 is 1.15 bits per heavy atom. The lowest BCUT2D eigenvalue weighted by atomic mass is 9.76. The van der Waals surface area contributed by atoms with Gasteiger partial charge in [0.15, 0.2) is 5.78 Å². The molecule has 0 heterocycles. The maximum absolute atomic E-state index is 13.9. The molecule has 26 heavy (non-hydrogen) atoms. The fraction of sp³-hybridized carbons (Fsp3) is 0.238. The Morgan fingerprint density at radius 3 is 2.54 bits per heavy atom. The summed E-state index contributed by atoms with van der Waals surface area (Å²) < 4.78 is 19.0. The van der Waals surface area contributed by atoms with Gasteiger partial charge < -0.3 is 10.1 Å². The molecule has 0 aromatic heterocycles. The predicted molar refractivity (Wildman–Crippen MR) is 97.0 cm³/mol. The first-order chi connectivity index (χ1) is 12.6. The van der Waals surface area contributed by atoms with Crippen molar-refractivity contribution in [1.29, 1.82) is 0 Å². The molecule has 4 nitrogen and oxygen atoms in total. The molecule has 2 aromatic carbocycles. The average molecular weight is 353 g/mol. The number of para-hydroxylation sites is 1. The zero-order chi connectivity index (χ0) is 18.5. The number of halogens is 1. The maximum atomic E-state index is 13.9. The highest BCUT2D eigenvalue weighted by atomic mass is 19.1. The van der Waals surface area contributed by atoms with Crippen LogP contribution in [0, 0.1) is 11.7 Å². The quantitative estimate of drug-likeness (QED) is 0.651. The summed E-state index contributed by atoms with van der Waals surface area (Å²) in [5.74, 6) is -2.50. The molecule has 0 amide bonds. The minimum Gasteiger partial charge on any atom is -0.465 e. The van der Waals surface area contributed by atoms with Gasteiger partial charge in [0.1, 0.15) is 11.7 Å². The van der Waals surface area contributed by atoms with E-state index in [-0.39, 0.29) is 18.3 Å². The molecule has 5 heteroatoms. The lowest BCUT2D eigenvalue weighted by Crippen LogP contribution is -2.35. The third-order valence-electron chi connectivity index (χ3n) is 4.40. The van der Waals surface area contributed by atoms with E-state index in [0.29, 0.717) is 17.8 Å². The molecule has 0 bridgehead atoms. The van der Waals surface area contributed by atoms with Crippen LogP contribution in [0.4, 0.5) is 10.1 Å². The number of anilines is 1. The number of ketones is 1. The van der Waals surface area contributed by atoms with Crippen molar-refractivity contribution in [2.24, 2.45) is 5.92 Å². The van der Waals surface area contributed by atoms with Crippen LogP contribution >= 0.6 is 0 Å². The minimum absolute atomic E-state index is 0.216. The third-order valence-corrected chi connectivity index (χ3v) is 4.40. The molecule has 3 rings (SSSR count). The van der Waals surface area contributed by atoms with Crippen LogP contribution in [-0.4, -0.2) is 18.4 Å². The van der Waals surface area contributed by atoms with Crippen molar-refractivity contribution in [3.63, 3.8) is 0 Å². The van der Waals surface area contributed by atoms with Gasteiger partial charge in [0, 0.05) is 17.7 Å². The number of carbonyl (C=O) groups excluding carboxylic acids is 2. The van der Waals surface area contributed by atoms with Crippen molar-refractivity contribution in [3.8, 4) is 0 Å². The number of carbonyl (C=O) groups is 2. The van der Waals surface area contributed by atoms with E-state index in [0.717, 1.165) is 5.56 Å². The van der Waals surface area contributed by atoms with Crippen molar-refractivity contribution >= 4 is 17.4 Å². The SMILES string of the molecule is CCOC(=O)[C@@H]1C(=O)C=C(Nc2ccccc2F)C[C@@H]1c1ccccc1. The van der Waals surface area contributed by atoms with Crippen molar-refractivity contribution in [2.45, 2.75) is 19.3 Å². The van der Waals surface area contributed by atoms with Crippen molar-refractivity contribution < 1.29 is 18.7 Å². The third kappa shape index (κ3) is 3.82. The molecule has 0 fully saturated rings. The molecule has 0 unspecified atom stereocenters. The molecule has 1 aliphatic rings. The van der Waals surface area contributed by atoms with Gasteiger partial charge in [0.05, 0.1) is 12.3 Å². The predicted octanol–water partition coefficient (Wildman–Crippen LogP) is 4.06. The number of rotatable bonds is 5. The Labute approximate surface area is 151 Å². The van der Waals surface area contributed by atoms with Gasteiger partial charge in [-0.15, -0.1) is 0 Å². The Balaban J connectivity index is 1.93. The lowest BCUT2D eigenvalue weighted by Gasteiger charge is -2.29. The molecule has 1 N–H and O–H groups in total. The Bertz CT molecular complexity index is 832. The molecule has 0 spiro atoms. The lowest BCUT2D eigenvalue weighted by molar-refractivity contribution is -0.151. The van der Waals surface area contributed by atoms with Gasteiger partial charge in [-0.1, -0.05) is 42.5 Å². The van der Waals surface area contributed by atoms with E-state index < -0.39 is 17.7 Å². The summed E-state index contributed by atoms with van der Waals surface area (Å²) in [7, 11) is 0. The number of esters is 1. The molecule has 134 valence electrons. The minimum atomic E-state index is -0.886. The molecular formula is C21H20FNO3. The summed E-state index contributed by atoms with van der Waals surface area (Å²) in [6.07, 6.45) is 1.79. The molecule has 0 radical (unpaired) electrons. The second-order valence-electron chi connectivity index (χ2n) is 6.13. The van der Waals surface area contributed by atoms with Gasteiger partial charge in [0.2, 0.25) is 0 Å². The van der Waals surface area contributed by atoms with E-state index in [1.54, 1.807) is 25.1 Å². The van der Waals surface area contributed by atoms with Gasteiger partial charge in [-0.2, -0.15) is 0 Å². The number of hydrogen-bond acceptors (Lipinski definition) is 4. The number of allylic oxidation sites excluding steroid dienone is 2. The molecule has 0 saturated carbocycles. The van der Waals surface area contributed by atoms with Crippen LogP contribution in [0.25, 0.3) is 0 Å². The van der Waals surface area contributed by atoms with Gasteiger partial charge in [-0.25, -0.2) is 4.39 Å². The van der Waals surface area contributed by atoms with Crippen LogP contribution in [0.3, 0.4) is 0 Å². The van der Waals surface area contributed by atoms with Crippen LogP contribution in [0.15, 0.2) is 66.4 Å². The van der Waals surface area contributed by atoms with E-state index >= 15 is 0 Å². The summed E-state index contributed by atoms with van der Waals surface area (Å²) in [4.78, 5) is 25.0. The molecule has 2 aromatic rings. The summed E-state index contributed by atoms with van der Waals surface area (Å²) in [5.41, 5.74) is 1.75. The van der Waals surface area contributed by atoms with Crippen molar-refractivity contribution in [1.82, 2.24) is 0 Å². The second kappa shape index (κ2) is 7.95. The van der Waals surface area contributed by atoms with Gasteiger partial charge in [0.25, 0.3) is 0 Å². The molecule has 0 aliphatic heterocycles. The fourth-order valence-corrected chi connectivity index (χ4v) is 3.22. The molecular weight excluding hydrogens is 333 g/mol. The Kier molecular flexibility index (Phi) is 5.46. The molecule has 1 aliphatic carbocycles. The van der Waals surface area contributed by atoms with Crippen LogP contribution in [0.5, 0.6) is 0 Å². The number of benzene rings is 2. The fourth-order valence-electron chi connectivity index (χ4n) is 3.22. The maximum Gasteiger partial charge on any atom is 0.317 e. The van der Waals surface area contributed by atoms with Crippen LogP contribution in [0.2, 0.25) is 0 Å². The Morgan fingerprint density at radius 2 is 1.85 bits per heavy atom. The van der Waals surface area contributed by atoms with Gasteiger partial charge in [-0.05, 0) is 31.0 Å². The number of nitrogens with one attached hydrogen (secondary N) is 1. The topological polar surface area (TPSA) is 55.4 Å². The van der Waals surface area contributed by atoms with Crippen LogP contribution in [-0.2, 0) is 14.3 Å². The summed E-state index contributed by atoms with van der Waals surface area (Å²) in [5, 5.41) is 2.98. The standard InChI is InChI=1S/C21H20FNO3/c1-2-26-21(25)20-16(14-8-4-3-5-9-14)12-15(13-19(20)24)23-18-11-7-6-10-17(18)22/h3-11,13,16,20,23H,2,12H2,1H3/t16-,20+/m1/s1. The Hall–Kier alpha value is -2.95. The van der Waals surface area contributed by atoms with E-state index in [1.165, 1.54) is 12.1 Å². The zero-order valence-corrected chi connectivity index (χ0v) is 14.4. The van der Waals surface area contributed by atoms with E-state index in [1.807, 2.05) is 30.3 Å². The first-order valence-electron chi connectivity index (χ1n) is 8.57. The van der Waals surface area contributed by atoms with Crippen LogP contribution < -0.4 is 5.32 Å². The zero-order valence-electron chi connectivity index (χ0n) is 14.4. The van der Waals surface area contributed by atoms with Crippen molar-refractivity contribution in [3.05, 3.63) is 77.8 Å². The van der Waals surface area contributed by atoms with Gasteiger partial charge >= 0.3 is 5.97 Å². The molecule has 2 atom stereocenters. The highest BCUT2D eigenvalue weighted by Gasteiger charge is 2.39. The summed E-state index contributed by atoms with van der Waals surface area (Å²) in [6.45, 7) is 1.93. The normalized spacial score (nSPS) is 19.6. The summed E-state index contributed by atoms with van der Waals surface area (Å²) in [6, 6.07) is 15.7. The van der Waals surface area contributed by atoms with Crippen LogP contribution in [0.1, 0.15) is 24.8 Å². The monoisotopic (exact) mass is 353 g/mol. The van der Waals surface area contributed by atoms with Gasteiger partial charge in [-0.3, -0.25) is 9.59 Å². The first-order valence-corrected chi connectivity index (χ1v) is 8.57. The number of hydrogen-bond donors (Lipinski definition) is 1. The largest absolute Gasteiger partial charge is 0.465 e. The summed E-state index contributed by atoms with van der Waals surface area (Å²) >= 11 is 0. The van der Waals surface area contributed by atoms with E-state index in [9.17, 15) is 14.0 Å². The number of ether oxygens (including phenoxy) is 1. The highest BCUT2D eigenvalue weighted by Crippen LogP contribution is 2.37.